The Bertz CT molecular complexity index is 772. The second kappa shape index (κ2) is 8.73. The van der Waals surface area contributed by atoms with E-state index in [9.17, 15) is 4.79 Å². The van der Waals surface area contributed by atoms with Crippen molar-refractivity contribution >= 4 is 11.8 Å². The lowest BCUT2D eigenvalue weighted by atomic mass is 10.1. The number of para-hydroxylation sites is 1. The molecule has 0 aliphatic rings. The van der Waals surface area contributed by atoms with Crippen molar-refractivity contribution in [3.8, 4) is 11.5 Å². The van der Waals surface area contributed by atoms with Crippen LogP contribution in [0.1, 0.15) is 16.7 Å². The maximum absolute atomic E-state index is 11.8. The minimum Gasteiger partial charge on any atom is -0.496 e. The van der Waals surface area contributed by atoms with Crippen LogP contribution in [0.4, 0.5) is 0 Å². The number of hydrogen-bond acceptors (Lipinski definition) is 4. The van der Waals surface area contributed by atoms with Crippen molar-refractivity contribution in [2.75, 3.05) is 13.7 Å². The summed E-state index contributed by atoms with van der Waals surface area (Å²) in [6, 6.07) is 13.2. The third-order valence-electron chi connectivity index (χ3n) is 3.77. The van der Waals surface area contributed by atoms with Crippen molar-refractivity contribution in [3.63, 3.8) is 0 Å². The van der Waals surface area contributed by atoms with Crippen molar-refractivity contribution in [1.29, 1.82) is 0 Å². The number of amidine groups is 1. The molecule has 0 saturated heterocycles. The Morgan fingerprint density at radius 2 is 1.80 bits per heavy atom. The molecule has 0 spiro atoms. The van der Waals surface area contributed by atoms with Crippen LogP contribution in [-0.2, 0) is 16.1 Å². The maximum atomic E-state index is 11.8. The molecule has 132 valence electrons. The van der Waals surface area contributed by atoms with E-state index < -0.39 is 5.97 Å². The fourth-order valence-electron chi connectivity index (χ4n) is 2.26. The van der Waals surface area contributed by atoms with Gasteiger partial charge in [0.1, 0.15) is 11.5 Å². The summed E-state index contributed by atoms with van der Waals surface area (Å²) in [6.07, 6.45) is 0.370. The van der Waals surface area contributed by atoms with Gasteiger partial charge in [0.05, 0.1) is 13.5 Å². The van der Waals surface area contributed by atoms with Gasteiger partial charge in [0.25, 0.3) is 5.84 Å². The monoisotopic (exact) mass is 343 g/mol. The molecular weight excluding hydrogens is 320 g/mol. The van der Waals surface area contributed by atoms with Gasteiger partial charge in [-0.15, -0.1) is 0 Å². The van der Waals surface area contributed by atoms with Gasteiger partial charge in [-0.3, -0.25) is 10.6 Å². The van der Waals surface area contributed by atoms with Gasteiger partial charge in [0.2, 0.25) is 0 Å². The van der Waals surface area contributed by atoms with Gasteiger partial charge in [-0.1, -0.05) is 35.5 Å². The SMILES string of the molecule is COc1ccccc1CC(N)=[NH+]OC(=O)COc1cccc(C)c1C. The van der Waals surface area contributed by atoms with Gasteiger partial charge in [-0.2, -0.15) is 0 Å². The van der Waals surface area contributed by atoms with E-state index in [1.54, 1.807) is 7.11 Å². The van der Waals surface area contributed by atoms with E-state index >= 15 is 0 Å². The summed E-state index contributed by atoms with van der Waals surface area (Å²) < 4.78 is 10.7. The smallest absolute Gasteiger partial charge is 0.394 e. The van der Waals surface area contributed by atoms with Crippen molar-refractivity contribution in [3.05, 3.63) is 59.2 Å². The Labute approximate surface area is 147 Å². The molecule has 25 heavy (non-hydrogen) atoms. The van der Waals surface area contributed by atoms with Crippen LogP contribution in [0.3, 0.4) is 0 Å². The average molecular weight is 343 g/mol. The summed E-state index contributed by atoms with van der Waals surface area (Å²) in [5.41, 5.74) is 8.83. The molecule has 6 nitrogen and oxygen atoms in total. The van der Waals surface area contributed by atoms with Crippen LogP contribution < -0.4 is 20.4 Å². The Balaban J connectivity index is 1.88. The van der Waals surface area contributed by atoms with Crippen LogP contribution in [0.15, 0.2) is 42.5 Å². The zero-order chi connectivity index (χ0) is 18.2. The van der Waals surface area contributed by atoms with E-state index in [0.29, 0.717) is 18.0 Å². The molecule has 0 radical (unpaired) electrons. The predicted molar refractivity (Wildman–Crippen MR) is 94.4 cm³/mol. The van der Waals surface area contributed by atoms with E-state index in [2.05, 4.69) is 5.16 Å². The van der Waals surface area contributed by atoms with E-state index in [-0.39, 0.29) is 6.61 Å². The third-order valence-corrected chi connectivity index (χ3v) is 3.77. The molecule has 0 unspecified atom stereocenters. The zero-order valence-corrected chi connectivity index (χ0v) is 14.7. The van der Waals surface area contributed by atoms with Crippen LogP contribution in [0.2, 0.25) is 0 Å². The highest BCUT2D eigenvalue weighted by atomic mass is 16.7. The van der Waals surface area contributed by atoms with E-state index in [0.717, 1.165) is 22.4 Å². The molecule has 0 fully saturated rings. The van der Waals surface area contributed by atoms with Crippen molar-refractivity contribution in [2.24, 2.45) is 5.73 Å². The minimum atomic E-state index is -0.566. The van der Waals surface area contributed by atoms with Crippen LogP contribution in [-0.4, -0.2) is 25.5 Å². The van der Waals surface area contributed by atoms with Gasteiger partial charge < -0.3 is 9.47 Å². The van der Waals surface area contributed by atoms with Crippen LogP contribution in [0.5, 0.6) is 11.5 Å². The first kappa shape index (κ1) is 18.3. The Kier molecular flexibility index (Phi) is 6.39. The molecule has 3 N–H and O–H groups in total. The number of nitrogens with two attached hydrogens (primary N) is 1. The molecule has 0 heterocycles. The normalized spacial score (nSPS) is 11.1. The predicted octanol–water partition coefficient (Wildman–Crippen LogP) is 0.830. The van der Waals surface area contributed by atoms with Crippen molar-refractivity contribution in [2.45, 2.75) is 20.3 Å². The number of ether oxygens (including phenoxy) is 2. The largest absolute Gasteiger partial charge is 0.496 e. The number of hydrogen-bond donors (Lipinski definition) is 2. The molecule has 2 aromatic carbocycles. The molecule has 0 aromatic heterocycles. The van der Waals surface area contributed by atoms with Crippen LogP contribution in [0, 0.1) is 13.8 Å². The average Bonchev–Trinajstić information content (AvgIpc) is 2.61. The molecule has 0 aliphatic heterocycles. The van der Waals surface area contributed by atoms with E-state index in [4.69, 9.17) is 20.0 Å². The topological polar surface area (TPSA) is 84.8 Å². The van der Waals surface area contributed by atoms with Crippen LogP contribution in [0.25, 0.3) is 0 Å². The summed E-state index contributed by atoms with van der Waals surface area (Å²) in [4.78, 5) is 16.7. The second-order valence-corrected chi connectivity index (χ2v) is 5.58. The molecular formula is C19H23N2O4+. The van der Waals surface area contributed by atoms with Gasteiger partial charge in [-0.25, -0.2) is 4.79 Å². The Morgan fingerprint density at radius 3 is 2.56 bits per heavy atom. The highest BCUT2D eigenvalue weighted by Crippen LogP contribution is 2.20. The quantitative estimate of drug-likeness (QED) is 0.337. The number of nitrogens with one attached hydrogen (secondary N) is 1. The van der Waals surface area contributed by atoms with Crippen molar-refractivity contribution < 1.29 is 24.3 Å². The maximum Gasteiger partial charge on any atom is 0.394 e. The molecule has 0 bridgehead atoms. The number of carbonyl (C=O) groups is 1. The highest BCUT2D eigenvalue weighted by Gasteiger charge is 2.11. The first-order chi connectivity index (χ1) is 12.0. The van der Waals surface area contributed by atoms with Gasteiger partial charge in [0, 0.05) is 5.56 Å². The first-order valence-corrected chi connectivity index (χ1v) is 7.89. The number of methoxy groups -OCH3 is 1. The van der Waals surface area contributed by atoms with E-state index in [1.807, 2.05) is 56.3 Å². The number of benzene rings is 2. The second-order valence-electron chi connectivity index (χ2n) is 5.58. The highest BCUT2D eigenvalue weighted by molar-refractivity contribution is 5.78. The first-order valence-electron chi connectivity index (χ1n) is 7.89. The van der Waals surface area contributed by atoms with Gasteiger partial charge in [0.15, 0.2) is 6.61 Å². The third kappa shape index (κ3) is 5.24. The lowest BCUT2D eigenvalue weighted by molar-refractivity contribution is -0.725. The fraction of sp³-hybridized carbons (Fsp3) is 0.263. The standard InChI is InChI=1S/C19H22N2O4/c1-13-7-6-10-16(14(13)2)24-12-19(22)25-21-18(20)11-15-8-4-5-9-17(15)23-3/h4-10H,11-12H2,1-3H3,(H2,20,21)/p+1. The fourth-order valence-corrected chi connectivity index (χ4v) is 2.26. The van der Waals surface area contributed by atoms with Gasteiger partial charge in [-0.05, 0) is 37.1 Å². The number of rotatable bonds is 7. The van der Waals surface area contributed by atoms with Crippen molar-refractivity contribution in [1.82, 2.24) is 0 Å². The summed E-state index contributed by atoms with van der Waals surface area (Å²) in [6.45, 7) is 3.71. The minimum absolute atomic E-state index is 0.209. The lowest BCUT2D eigenvalue weighted by Gasteiger charge is -2.09. The number of carbonyl (C=O) groups excluding carboxylic acids is 1. The molecule has 0 amide bonds. The van der Waals surface area contributed by atoms with Gasteiger partial charge >= 0.3 is 5.97 Å². The molecule has 0 aliphatic carbocycles. The molecule has 0 saturated carbocycles. The summed E-state index contributed by atoms with van der Waals surface area (Å²) in [7, 11) is 1.59. The molecule has 6 heteroatoms. The van der Waals surface area contributed by atoms with Crippen LogP contribution >= 0.6 is 0 Å². The number of aryl methyl sites for hydroxylation is 1. The lowest BCUT2D eigenvalue weighted by Crippen LogP contribution is -2.76. The Hall–Kier alpha value is -3.02. The summed E-state index contributed by atoms with van der Waals surface area (Å²) >= 11 is 0. The Morgan fingerprint density at radius 1 is 1.08 bits per heavy atom. The summed E-state index contributed by atoms with van der Waals surface area (Å²) in [5, 5.41) is 2.45. The van der Waals surface area contributed by atoms with E-state index in [1.165, 1.54) is 0 Å². The summed E-state index contributed by atoms with van der Waals surface area (Å²) in [5.74, 6) is 1.10. The zero-order valence-electron chi connectivity index (χ0n) is 14.7. The molecule has 2 aromatic rings. The molecule has 2 rings (SSSR count). The molecule has 0 atom stereocenters.